The first-order valence-corrected chi connectivity index (χ1v) is 3.32. The van der Waals surface area contributed by atoms with Crippen molar-refractivity contribution in [2.45, 2.75) is 0 Å². The van der Waals surface area contributed by atoms with Gasteiger partial charge in [-0.3, -0.25) is 0 Å². The molecule has 1 rings (SSSR count). The van der Waals surface area contributed by atoms with E-state index >= 15 is 0 Å². The fraction of sp³-hybridized carbons (Fsp3) is 0. The predicted octanol–water partition coefficient (Wildman–Crippen LogP) is -0.393. The van der Waals surface area contributed by atoms with E-state index in [0.29, 0.717) is 0 Å². The summed E-state index contributed by atoms with van der Waals surface area (Å²) in [5.74, 6) is 0. The third-order valence-electron chi connectivity index (χ3n) is 1.44. The SMILES string of the molecule is BNc1cccc(NB)c1. The van der Waals surface area contributed by atoms with Crippen molar-refractivity contribution in [1.82, 2.24) is 0 Å². The smallest absolute Gasteiger partial charge is 0.213 e. The Morgan fingerprint density at radius 1 is 1.00 bits per heavy atom. The lowest BCUT2D eigenvalue weighted by atomic mass is 10.2. The molecule has 50 valence electrons. The molecule has 0 spiro atoms. The number of anilines is 2. The van der Waals surface area contributed by atoms with Crippen molar-refractivity contribution in [2.75, 3.05) is 10.5 Å². The summed E-state index contributed by atoms with van der Waals surface area (Å²) in [5.41, 5.74) is 2.26. The summed E-state index contributed by atoms with van der Waals surface area (Å²) in [6.45, 7) is 0. The highest BCUT2D eigenvalue weighted by Gasteiger charge is 1.87. The van der Waals surface area contributed by atoms with E-state index in [1.54, 1.807) is 0 Å². The molecular weight excluding hydrogens is 122 g/mol. The van der Waals surface area contributed by atoms with Crippen LogP contribution in [0.2, 0.25) is 0 Å². The van der Waals surface area contributed by atoms with Crippen LogP contribution in [0.3, 0.4) is 0 Å². The third kappa shape index (κ3) is 1.47. The minimum atomic E-state index is 1.13. The van der Waals surface area contributed by atoms with Gasteiger partial charge in [-0.2, -0.15) is 0 Å². The lowest BCUT2D eigenvalue weighted by Gasteiger charge is -2.02. The van der Waals surface area contributed by atoms with Gasteiger partial charge in [-0.1, -0.05) is 6.07 Å². The monoisotopic (exact) mass is 132 g/mol. The van der Waals surface area contributed by atoms with Crippen LogP contribution < -0.4 is 10.5 Å². The van der Waals surface area contributed by atoms with Crippen molar-refractivity contribution in [3.63, 3.8) is 0 Å². The highest BCUT2D eigenvalue weighted by molar-refractivity contribution is 6.17. The number of nitrogens with one attached hydrogen (secondary N) is 2. The molecule has 0 aliphatic rings. The van der Waals surface area contributed by atoms with Gasteiger partial charge in [-0.25, -0.2) is 0 Å². The quantitative estimate of drug-likeness (QED) is 0.535. The fourth-order valence-electron chi connectivity index (χ4n) is 0.830. The molecule has 0 amide bonds. The molecule has 10 heavy (non-hydrogen) atoms. The van der Waals surface area contributed by atoms with Crippen LogP contribution >= 0.6 is 0 Å². The van der Waals surface area contributed by atoms with Crippen LogP contribution in [-0.2, 0) is 0 Å². The average Bonchev–Trinajstić information content (AvgIpc) is 2.05. The van der Waals surface area contributed by atoms with Gasteiger partial charge in [-0.05, 0) is 18.2 Å². The summed E-state index contributed by atoms with van der Waals surface area (Å²) >= 11 is 0. The summed E-state index contributed by atoms with van der Waals surface area (Å²) in [6, 6.07) is 8.12. The van der Waals surface area contributed by atoms with E-state index in [1.165, 1.54) is 0 Å². The first-order chi connectivity index (χ1) is 4.86. The molecule has 4 heteroatoms. The van der Waals surface area contributed by atoms with Gasteiger partial charge in [0.15, 0.2) is 0 Å². The van der Waals surface area contributed by atoms with Crippen molar-refractivity contribution >= 4 is 27.3 Å². The van der Waals surface area contributed by atoms with Crippen LogP contribution in [0.5, 0.6) is 0 Å². The molecule has 0 saturated carbocycles. The van der Waals surface area contributed by atoms with E-state index in [9.17, 15) is 0 Å². The zero-order chi connectivity index (χ0) is 7.40. The van der Waals surface area contributed by atoms with Crippen LogP contribution in [-0.4, -0.2) is 16.0 Å². The Bertz CT molecular complexity index is 195. The number of rotatable bonds is 2. The van der Waals surface area contributed by atoms with Gasteiger partial charge >= 0.3 is 0 Å². The Hall–Kier alpha value is -1.05. The molecule has 1 aromatic rings. The zero-order valence-corrected chi connectivity index (χ0v) is 6.31. The molecule has 0 atom stereocenters. The molecule has 0 radical (unpaired) electrons. The molecular formula is C6H10B2N2. The van der Waals surface area contributed by atoms with E-state index in [-0.39, 0.29) is 0 Å². The van der Waals surface area contributed by atoms with Crippen molar-refractivity contribution in [1.29, 1.82) is 0 Å². The topological polar surface area (TPSA) is 24.1 Å². The van der Waals surface area contributed by atoms with Crippen LogP contribution in [0.4, 0.5) is 11.4 Å². The second kappa shape index (κ2) is 3.20. The highest BCUT2D eigenvalue weighted by Crippen LogP contribution is 2.12. The number of benzene rings is 1. The third-order valence-corrected chi connectivity index (χ3v) is 1.44. The Labute approximate surface area is 62.9 Å². The lowest BCUT2D eigenvalue weighted by molar-refractivity contribution is 1.65. The van der Waals surface area contributed by atoms with E-state index in [2.05, 4.69) is 16.5 Å². The van der Waals surface area contributed by atoms with Crippen molar-refractivity contribution < 1.29 is 0 Å². The van der Waals surface area contributed by atoms with Crippen molar-refractivity contribution in [3.05, 3.63) is 24.3 Å². The van der Waals surface area contributed by atoms with Gasteiger partial charge in [0, 0.05) is 11.4 Å². The van der Waals surface area contributed by atoms with Gasteiger partial charge in [0.25, 0.3) is 0 Å². The number of hydrogen-bond donors (Lipinski definition) is 2. The molecule has 0 aliphatic heterocycles. The Morgan fingerprint density at radius 2 is 1.50 bits per heavy atom. The lowest BCUT2D eigenvalue weighted by Crippen LogP contribution is -1.93. The van der Waals surface area contributed by atoms with Crippen LogP contribution in [0.1, 0.15) is 0 Å². The maximum Gasteiger partial charge on any atom is 0.213 e. The molecule has 1 aromatic carbocycles. The van der Waals surface area contributed by atoms with E-state index in [1.807, 2.05) is 34.2 Å². The normalized spacial score (nSPS) is 8.80. The largest absolute Gasteiger partial charge is 0.434 e. The van der Waals surface area contributed by atoms with Gasteiger partial charge in [0.2, 0.25) is 16.0 Å². The molecule has 0 saturated heterocycles. The minimum Gasteiger partial charge on any atom is -0.434 e. The fourth-order valence-corrected chi connectivity index (χ4v) is 0.830. The van der Waals surface area contributed by atoms with E-state index in [0.717, 1.165) is 11.4 Å². The summed E-state index contributed by atoms with van der Waals surface area (Å²) in [5, 5.41) is 6.12. The highest BCUT2D eigenvalue weighted by atomic mass is 14.8. The van der Waals surface area contributed by atoms with Gasteiger partial charge in [-0.15, -0.1) is 0 Å². The van der Waals surface area contributed by atoms with E-state index in [4.69, 9.17) is 0 Å². The Morgan fingerprint density at radius 3 is 1.90 bits per heavy atom. The zero-order valence-electron chi connectivity index (χ0n) is 6.31. The predicted molar refractivity (Wildman–Crippen MR) is 50.8 cm³/mol. The molecule has 2 nitrogen and oxygen atoms in total. The Balaban J connectivity index is 2.87. The summed E-state index contributed by atoms with van der Waals surface area (Å²) in [7, 11) is 3.82. The van der Waals surface area contributed by atoms with Crippen LogP contribution in [0.15, 0.2) is 24.3 Å². The van der Waals surface area contributed by atoms with Crippen LogP contribution in [0, 0.1) is 0 Å². The van der Waals surface area contributed by atoms with E-state index < -0.39 is 0 Å². The van der Waals surface area contributed by atoms with Crippen molar-refractivity contribution in [3.8, 4) is 0 Å². The van der Waals surface area contributed by atoms with Crippen molar-refractivity contribution in [2.24, 2.45) is 0 Å². The summed E-state index contributed by atoms with van der Waals surface area (Å²) in [6.07, 6.45) is 0. The van der Waals surface area contributed by atoms with Crippen LogP contribution in [0.25, 0.3) is 0 Å². The molecule has 0 heterocycles. The maximum absolute atomic E-state index is 3.06. The molecule has 2 N–H and O–H groups in total. The average molecular weight is 132 g/mol. The molecule has 0 aliphatic carbocycles. The molecule has 0 bridgehead atoms. The van der Waals surface area contributed by atoms with Gasteiger partial charge in [0.05, 0.1) is 0 Å². The summed E-state index contributed by atoms with van der Waals surface area (Å²) < 4.78 is 0. The second-order valence-electron chi connectivity index (χ2n) is 2.08. The summed E-state index contributed by atoms with van der Waals surface area (Å²) in [4.78, 5) is 0. The molecule has 0 fully saturated rings. The Kier molecular flexibility index (Phi) is 2.26. The standard InChI is InChI=1S/C6H10B2N2/c7-9-5-2-1-3-6(4-5)10-8/h1-4,9-10H,7-8H2. The molecule has 0 unspecified atom stereocenters. The second-order valence-corrected chi connectivity index (χ2v) is 2.08. The first kappa shape index (κ1) is 7.06. The molecule has 0 aromatic heterocycles. The maximum atomic E-state index is 3.06. The van der Waals surface area contributed by atoms with Gasteiger partial charge < -0.3 is 10.5 Å². The number of hydrogen-bond acceptors (Lipinski definition) is 2. The van der Waals surface area contributed by atoms with Gasteiger partial charge in [0.1, 0.15) is 0 Å². The minimum absolute atomic E-state index is 1.13. The first-order valence-electron chi connectivity index (χ1n) is 3.32.